The molecule has 0 aromatic heterocycles. The standard InChI is InChI=1S/C18H22ClNO4/c1-4-23-17(22)20-7-5-18(6-8-20)10-13(21)15-12(3)16(19)11(2)9-14(15)24-18/h9H,4-8,10H2,1-3H3. The Morgan fingerprint density at radius 1 is 1.38 bits per heavy atom. The van der Waals surface area contributed by atoms with E-state index in [0.29, 0.717) is 55.3 Å². The number of hydrogen-bond acceptors (Lipinski definition) is 4. The van der Waals surface area contributed by atoms with Gasteiger partial charge in [-0.3, -0.25) is 4.79 Å². The molecule has 1 aromatic carbocycles. The van der Waals surface area contributed by atoms with Crippen LogP contribution in [0.15, 0.2) is 6.07 Å². The summed E-state index contributed by atoms with van der Waals surface area (Å²) in [6.45, 7) is 6.99. The molecule has 3 rings (SSSR count). The maximum absolute atomic E-state index is 12.7. The normalized spacial score (nSPS) is 19.0. The lowest BCUT2D eigenvalue weighted by atomic mass is 9.81. The van der Waals surface area contributed by atoms with Crippen LogP contribution in [0.5, 0.6) is 5.75 Å². The van der Waals surface area contributed by atoms with E-state index in [1.165, 1.54) is 0 Å². The molecule has 1 amide bonds. The SMILES string of the molecule is CCOC(=O)N1CCC2(CC1)CC(=O)c1c(cc(C)c(Cl)c1C)O2. The van der Waals surface area contributed by atoms with Gasteiger partial charge in [0.2, 0.25) is 0 Å². The van der Waals surface area contributed by atoms with Crippen molar-refractivity contribution in [1.82, 2.24) is 4.90 Å². The lowest BCUT2D eigenvalue weighted by molar-refractivity contribution is -0.00869. The minimum absolute atomic E-state index is 0.0697. The molecular weight excluding hydrogens is 330 g/mol. The van der Waals surface area contributed by atoms with Crippen LogP contribution in [-0.2, 0) is 4.74 Å². The number of carbonyl (C=O) groups excluding carboxylic acids is 2. The third-order valence-corrected chi connectivity index (χ3v) is 5.51. The third-order valence-electron chi connectivity index (χ3n) is 4.93. The van der Waals surface area contributed by atoms with Crippen molar-refractivity contribution < 1.29 is 19.1 Å². The minimum atomic E-state index is -0.528. The highest BCUT2D eigenvalue weighted by molar-refractivity contribution is 6.32. The van der Waals surface area contributed by atoms with E-state index in [1.54, 1.807) is 11.8 Å². The van der Waals surface area contributed by atoms with Crippen LogP contribution < -0.4 is 4.74 Å². The maximum atomic E-state index is 12.7. The molecule has 1 fully saturated rings. The fourth-order valence-corrected chi connectivity index (χ4v) is 3.74. The van der Waals surface area contributed by atoms with Crippen molar-refractivity contribution in [2.24, 2.45) is 0 Å². The molecule has 5 nitrogen and oxygen atoms in total. The molecule has 0 radical (unpaired) electrons. The fraction of sp³-hybridized carbons (Fsp3) is 0.556. The summed E-state index contributed by atoms with van der Waals surface area (Å²) in [5, 5.41) is 0.624. The predicted molar refractivity (Wildman–Crippen MR) is 91.1 cm³/mol. The average molecular weight is 352 g/mol. The smallest absolute Gasteiger partial charge is 0.409 e. The summed E-state index contributed by atoms with van der Waals surface area (Å²) < 4.78 is 11.3. The Bertz CT molecular complexity index is 693. The monoisotopic (exact) mass is 351 g/mol. The number of rotatable bonds is 1. The zero-order chi connectivity index (χ0) is 17.5. The highest BCUT2D eigenvalue weighted by atomic mass is 35.5. The van der Waals surface area contributed by atoms with E-state index in [0.717, 1.165) is 11.1 Å². The van der Waals surface area contributed by atoms with Crippen LogP contribution >= 0.6 is 11.6 Å². The number of halogens is 1. The molecule has 2 aliphatic rings. The number of fused-ring (bicyclic) bond motifs is 1. The van der Waals surface area contributed by atoms with Gasteiger partial charge in [0.25, 0.3) is 0 Å². The minimum Gasteiger partial charge on any atom is -0.486 e. The summed E-state index contributed by atoms with van der Waals surface area (Å²) in [5.41, 5.74) is 1.76. The summed E-state index contributed by atoms with van der Waals surface area (Å²) in [4.78, 5) is 26.2. The molecule has 0 atom stereocenters. The van der Waals surface area contributed by atoms with Crippen LogP contribution in [0.4, 0.5) is 4.79 Å². The molecule has 0 saturated carbocycles. The summed E-state index contributed by atoms with van der Waals surface area (Å²) in [6, 6.07) is 1.85. The molecular formula is C18H22ClNO4. The number of likely N-dealkylation sites (tertiary alicyclic amines) is 1. The van der Waals surface area contributed by atoms with Gasteiger partial charge in [-0.15, -0.1) is 0 Å². The first-order valence-corrected chi connectivity index (χ1v) is 8.68. The fourth-order valence-electron chi connectivity index (χ4n) is 3.59. The van der Waals surface area contributed by atoms with Crippen LogP contribution in [-0.4, -0.2) is 42.1 Å². The Labute approximate surface area is 146 Å². The largest absolute Gasteiger partial charge is 0.486 e. The predicted octanol–water partition coefficient (Wildman–Crippen LogP) is 3.91. The number of nitrogens with zero attached hydrogens (tertiary/aromatic N) is 1. The topological polar surface area (TPSA) is 55.8 Å². The molecule has 0 bridgehead atoms. The number of aryl methyl sites for hydroxylation is 1. The molecule has 0 aliphatic carbocycles. The van der Waals surface area contributed by atoms with Crippen molar-refractivity contribution in [3.63, 3.8) is 0 Å². The van der Waals surface area contributed by atoms with Gasteiger partial charge < -0.3 is 14.4 Å². The summed E-state index contributed by atoms with van der Waals surface area (Å²) >= 11 is 6.28. The number of ketones is 1. The first-order chi connectivity index (χ1) is 11.4. The number of carbonyl (C=O) groups is 2. The van der Waals surface area contributed by atoms with Crippen molar-refractivity contribution in [3.05, 3.63) is 27.8 Å². The molecule has 0 unspecified atom stereocenters. The van der Waals surface area contributed by atoms with Crippen molar-refractivity contribution in [3.8, 4) is 5.75 Å². The zero-order valence-corrected chi connectivity index (χ0v) is 15.0. The molecule has 6 heteroatoms. The van der Waals surface area contributed by atoms with Gasteiger partial charge in [-0.25, -0.2) is 4.79 Å². The Hall–Kier alpha value is -1.75. The number of piperidine rings is 1. The van der Waals surface area contributed by atoms with Gasteiger partial charge in [-0.2, -0.15) is 0 Å². The second-order valence-corrected chi connectivity index (χ2v) is 6.95. The number of Topliss-reactive ketones (excluding diaryl/α,β-unsaturated/α-hetero) is 1. The van der Waals surface area contributed by atoms with E-state index in [9.17, 15) is 9.59 Å². The first kappa shape index (κ1) is 17.1. The average Bonchev–Trinajstić information content (AvgIpc) is 2.53. The van der Waals surface area contributed by atoms with E-state index in [4.69, 9.17) is 21.1 Å². The molecule has 1 saturated heterocycles. The molecule has 1 aromatic rings. The Kier molecular flexibility index (Phi) is 4.47. The van der Waals surface area contributed by atoms with E-state index < -0.39 is 5.60 Å². The van der Waals surface area contributed by atoms with Crippen molar-refractivity contribution in [2.75, 3.05) is 19.7 Å². The Balaban J connectivity index is 1.82. The summed E-state index contributed by atoms with van der Waals surface area (Å²) in [7, 11) is 0. The van der Waals surface area contributed by atoms with Gasteiger partial charge in [0.05, 0.1) is 18.6 Å². The highest BCUT2D eigenvalue weighted by Gasteiger charge is 2.44. The van der Waals surface area contributed by atoms with Gasteiger partial charge in [-0.05, 0) is 38.0 Å². The Morgan fingerprint density at radius 2 is 2.04 bits per heavy atom. The quantitative estimate of drug-likeness (QED) is 0.769. The van der Waals surface area contributed by atoms with Crippen molar-refractivity contribution in [2.45, 2.75) is 45.6 Å². The van der Waals surface area contributed by atoms with Gasteiger partial charge >= 0.3 is 6.09 Å². The molecule has 2 heterocycles. The van der Waals surface area contributed by atoms with E-state index in [-0.39, 0.29) is 11.9 Å². The second kappa shape index (κ2) is 6.28. The van der Waals surface area contributed by atoms with Crippen LogP contribution in [0.2, 0.25) is 5.02 Å². The van der Waals surface area contributed by atoms with Gasteiger partial charge in [-0.1, -0.05) is 11.6 Å². The molecule has 1 spiro atoms. The molecule has 130 valence electrons. The lowest BCUT2D eigenvalue weighted by Gasteiger charge is -2.44. The number of amides is 1. The van der Waals surface area contributed by atoms with Gasteiger partial charge in [0, 0.05) is 31.0 Å². The van der Waals surface area contributed by atoms with Crippen molar-refractivity contribution >= 4 is 23.5 Å². The molecule has 2 aliphatic heterocycles. The highest BCUT2D eigenvalue weighted by Crippen LogP contribution is 2.43. The van der Waals surface area contributed by atoms with Crippen LogP contribution in [0, 0.1) is 13.8 Å². The zero-order valence-electron chi connectivity index (χ0n) is 14.3. The second-order valence-electron chi connectivity index (χ2n) is 6.58. The van der Waals surface area contributed by atoms with Crippen LogP contribution in [0.25, 0.3) is 0 Å². The third kappa shape index (κ3) is 2.86. The lowest BCUT2D eigenvalue weighted by Crippen LogP contribution is -2.52. The van der Waals surface area contributed by atoms with Crippen LogP contribution in [0.1, 0.15) is 47.7 Å². The maximum Gasteiger partial charge on any atom is 0.409 e. The van der Waals surface area contributed by atoms with E-state index >= 15 is 0 Å². The molecule has 0 N–H and O–H groups in total. The van der Waals surface area contributed by atoms with E-state index in [2.05, 4.69) is 0 Å². The number of hydrogen-bond donors (Lipinski definition) is 0. The van der Waals surface area contributed by atoms with E-state index in [1.807, 2.05) is 19.9 Å². The van der Waals surface area contributed by atoms with Crippen LogP contribution in [0.3, 0.4) is 0 Å². The van der Waals surface area contributed by atoms with Gasteiger partial charge in [0.15, 0.2) is 5.78 Å². The van der Waals surface area contributed by atoms with Crippen molar-refractivity contribution in [1.29, 1.82) is 0 Å². The number of benzene rings is 1. The summed E-state index contributed by atoms with van der Waals surface area (Å²) in [6.07, 6.45) is 1.28. The Morgan fingerprint density at radius 3 is 2.67 bits per heavy atom. The summed E-state index contributed by atoms with van der Waals surface area (Å²) in [5.74, 6) is 0.690. The number of ether oxygens (including phenoxy) is 2. The molecule has 24 heavy (non-hydrogen) atoms. The first-order valence-electron chi connectivity index (χ1n) is 8.30. The van der Waals surface area contributed by atoms with Gasteiger partial charge in [0.1, 0.15) is 11.4 Å².